The molecule has 1 heterocycles. The van der Waals surface area contributed by atoms with Crippen molar-refractivity contribution in [1.29, 1.82) is 0 Å². The number of rotatable bonds is 8. The number of amides is 1. The Morgan fingerprint density at radius 2 is 2.21 bits per heavy atom. The zero-order chi connectivity index (χ0) is 14.3. The maximum atomic E-state index is 12.0. The molecule has 1 aliphatic rings. The summed E-state index contributed by atoms with van der Waals surface area (Å²) < 4.78 is 10.1. The van der Waals surface area contributed by atoms with Crippen molar-refractivity contribution in [2.24, 2.45) is 5.92 Å². The molecule has 1 rings (SSSR count). The molecular formula is C12H22N2O5. The monoisotopic (exact) mass is 274 g/mol. The van der Waals surface area contributed by atoms with E-state index in [-0.39, 0.29) is 17.9 Å². The Labute approximate surface area is 112 Å². The number of carboxylic acids is 1. The maximum absolute atomic E-state index is 12.0. The zero-order valence-electron chi connectivity index (χ0n) is 11.3. The third kappa shape index (κ3) is 4.77. The Morgan fingerprint density at radius 3 is 2.79 bits per heavy atom. The highest BCUT2D eigenvalue weighted by molar-refractivity contribution is 5.85. The van der Waals surface area contributed by atoms with Crippen LogP contribution in [0, 0.1) is 5.92 Å². The van der Waals surface area contributed by atoms with Crippen LogP contribution in [0.5, 0.6) is 0 Å². The van der Waals surface area contributed by atoms with Gasteiger partial charge in [0.1, 0.15) is 6.04 Å². The van der Waals surface area contributed by atoms with Gasteiger partial charge in [0.25, 0.3) is 0 Å². The van der Waals surface area contributed by atoms with Crippen molar-refractivity contribution in [3.05, 3.63) is 0 Å². The molecule has 0 radical (unpaired) electrons. The molecule has 3 atom stereocenters. The fraction of sp³-hybridized carbons (Fsp3) is 0.833. The van der Waals surface area contributed by atoms with E-state index in [1.165, 1.54) is 0 Å². The van der Waals surface area contributed by atoms with Crippen molar-refractivity contribution < 1.29 is 24.2 Å². The second kappa shape index (κ2) is 8.08. The van der Waals surface area contributed by atoms with Crippen molar-refractivity contribution in [3.63, 3.8) is 0 Å². The SMILES string of the molecule is CNC1COCC1C(=O)NC(CCCOC)C(=O)O. The van der Waals surface area contributed by atoms with Crippen LogP contribution in [0.15, 0.2) is 0 Å². The van der Waals surface area contributed by atoms with E-state index >= 15 is 0 Å². The summed E-state index contributed by atoms with van der Waals surface area (Å²) in [5.74, 6) is -1.64. The van der Waals surface area contributed by atoms with Crippen LogP contribution in [0.25, 0.3) is 0 Å². The number of ether oxygens (including phenoxy) is 2. The molecule has 7 heteroatoms. The van der Waals surface area contributed by atoms with Crippen LogP contribution < -0.4 is 10.6 Å². The van der Waals surface area contributed by atoms with Crippen molar-refractivity contribution in [3.8, 4) is 0 Å². The number of aliphatic carboxylic acids is 1. The average molecular weight is 274 g/mol. The van der Waals surface area contributed by atoms with E-state index in [9.17, 15) is 9.59 Å². The number of hydrogen-bond donors (Lipinski definition) is 3. The fourth-order valence-corrected chi connectivity index (χ4v) is 2.07. The highest BCUT2D eigenvalue weighted by Crippen LogP contribution is 2.14. The molecule has 110 valence electrons. The second-order valence-electron chi connectivity index (χ2n) is 4.57. The van der Waals surface area contributed by atoms with Crippen LogP contribution in [0.1, 0.15) is 12.8 Å². The quantitative estimate of drug-likeness (QED) is 0.502. The van der Waals surface area contributed by atoms with Gasteiger partial charge < -0.3 is 25.2 Å². The molecule has 3 N–H and O–H groups in total. The third-order valence-electron chi connectivity index (χ3n) is 3.24. The molecule has 1 aliphatic heterocycles. The smallest absolute Gasteiger partial charge is 0.326 e. The number of carbonyl (C=O) groups excluding carboxylic acids is 1. The molecule has 0 aromatic carbocycles. The molecule has 0 saturated carbocycles. The minimum atomic E-state index is -1.02. The predicted molar refractivity (Wildman–Crippen MR) is 67.8 cm³/mol. The number of methoxy groups -OCH3 is 1. The van der Waals surface area contributed by atoms with Crippen molar-refractivity contribution in [2.45, 2.75) is 24.9 Å². The molecule has 3 unspecified atom stereocenters. The second-order valence-corrected chi connectivity index (χ2v) is 4.57. The first kappa shape index (κ1) is 15.9. The van der Waals surface area contributed by atoms with Crippen LogP contribution in [0.2, 0.25) is 0 Å². The fourth-order valence-electron chi connectivity index (χ4n) is 2.07. The predicted octanol–water partition coefficient (Wildman–Crippen LogP) is -0.783. The molecule has 0 aliphatic carbocycles. The van der Waals surface area contributed by atoms with Gasteiger partial charge in [-0.05, 0) is 19.9 Å². The van der Waals surface area contributed by atoms with E-state index in [2.05, 4.69) is 10.6 Å². The summed E-state index contributed by atoms with van der Waals surface area (Å²) in [6, 6.07) is -0.936. The lowest BCUT2D eigenvalue weighted by Crippen LogP contribution is -2.48. The van der Waals surface area contributed by atoms with E-state index in [4.69, 9.17) is 14.6 Å². The molecule has 0 aromatic rings. The Balaban J connectivity index is 2.48. The molecule has 1 saturated heterocycles. The Hall–Kier alpha value is -1.18. The van der Waals surface area contributed by atoms with E-state index in [0.29, 0.717) is 32.7 Å². The van der Waals surface area contributed by atoms with E-state index < -0.39 is 12.0 Å². The van der Waals surface area contributed by atoms with E-state index in [0.717, 1.165) is 0 Å². The third-order valence-corrected chi connectivity index (χ3v) is 3.24. The van der Waals surface area contributed by atoms with Crippen LogP contribution in [-0.4, -0.2) is 63.0 Å². The molecule has 19 heavy (non-hydrogen) atoms. The van der Waals surface area contributed by atoms with Gasteiger partial charge in [0, 0.05) is 19.8 Å². The minimum Gasteiger partial charge on any atom is -0.480 e. The molecule has 1 fully saturated rings. The van der Waals surface area contributed by atoms with Gasteiger partial charge in [-0.15, -0.1) is 0 Å². The van der Waals surface area contributed by atoms with Crippen molar-refractivity contribution in [1.82, 2.24) is 10.6 Å². The van der Waals surface area contributed by atoms with E-state index in [1.807, 2.05) is 0 Å². The molecule has 1 amide bonds. The number of likely N-dealkylation sites (N-methyl/N-ethyl adjacent to an activating group) is 1. The topological polar surface area (TPSA) is 96.9 Å². The molecule has 0 aromatic heterocycles. The van der Waals surface area contributed by atoms with Gasteiger partial charge in [-0.2, -0.15) is 0 Å². The Bertz CT molecular complexity index is 310. The van der Waals surface area contributed by atoms with Crippen molar-refractivity contribution in [2.75, 3.05) is 34.0 Å². The van der Waals surface area contributed by atoms with Crippen LogP contribution in [-0.2, 0) is 19.1 Å². The summed E-state index contributed by atoms with van der Waals surface area (Å²) in [7, 11) is 3.31. The van der Waals surface area contributed by atoms with Gasteiger partial charge in [-0.3, -0.25) is 4.79 Å². The minimum absolute atomic E-state index is 0.0616. The maximum Gasteiger partial charge on any atom is 0.326 e. The summed E-state index contributed by atoms with van der Waals surface area (Å²) in [6.45, 7) is 1.27. The van der Waals surface area contributed by atoms with Crippen LogP contribution in [0.4, 0.5) is 0 Å². The van der Waals surface area contributed by atoms with Gasteiger partial charge in [-0.25, -0.2) is 4.79 Å². The largest absolute Gasteiger partial charge is 0.480 e. The highest BCUT2D eigenvalue weighted by Gasteiger charge is 2.34. The molecule has 0 bridgehead atoms. The lowest BCUT2D eigenvalue weighted by molar-refractivity contribution is -0.142. The van der Waals surface area contributed by atoms with Crippen LogP contribution in [0.3, 0.4) is 0 Å². The van der Waals surface area contributed by atoms with Gasteiger partial charge in [0.05, 0.1) is 19.1 Å². The summed E-state index contributed by atoms with van der Waals surface area (Å²) in [5, 5.41) is 14.6. The molecular weight excluding hydrogens is 252 g/mol. The Kier molecular flexibility index (Phi) is 6.75. The van der Waals surface area contributed by atoms with Crippen LogP contribution >= 0.6 is 0 Å². The summed E-state index contributed by atoms with van der Waals surface area (Å²) in [4.78, 5) is 23.1. The Morgan fingerprint density at radius 1 is 1.47 bits per heavy atom. The standard InChI is InChI=1S/C12H22N2O5/c1-13-10-7-19-6-8(10)11(15)14-9(12(16)17)4-3-5-18-2/h8-10,13H,3-7H2,1-2H3,(H,14,15)(H,16,17). The number of carboxylic acid groups (broad SMARTS) is 1. The number of nitrogens with one attached hydrogen (secondary N) is 2. The van der Waals surface area contributed by atoms with Crippen molar-refractivity contribution >= 4 is 11.9 Å². The normalized spacial score (nSPS) is 24.1. The average Bonchev–Trinajstić information content (AvgIpc) is 2.85. The molecule has 0 spiro atoms. The number of carbonyl (C=O) groups is 2. The first-order valence-electron chi connectivity index (χ1n) is 6.37. The van der Waals surface area contributed by atoms with Gasteiger partial charge >= 0.3 is 5.97 Å². The number of hydrogen-bond acceptors (Lipinski definition) is 5. The van der Waals surface area contributed by atoms with Gasteiger partial charge in [0.2, 0.25) is 5.91 Å². The highest BCUT2D eigenvalue weighted by atomic mass is 16.5. The van der Waals surface area contributed by atoms with Gasteiger partial charge in [-0.1, -0.05) is 0 Å². The molecule has 7 nitrogen and oxygen atoms in total. The van der Waals surface area contributed by atoms with Gasteiger partial charge in [0.15, 0.2) is 0 Å². The summed E-state index contributed by atoms with van der Waals surface area (Å²) in [6.07, 6.45) is 0.942. The lowest BCUT2D eigenvalue weighted by Gasteiger charge is -2.20. The lowest BCUT2D eigenvalue weighted by atomic mass is 10.0. The summed E-state index contributed by atoms with van der Waals surface area (Å²) >= 11 is 0. The zero-order valence-corrected chi connectivity index (χ0v) is 11.3. The first-order chi connectivity index (χ1) is 9.10. The first-order valence-corrected chi connectivity index (χ1v) is 6.37. The van der Waals surface area contributed by atoms with E-state index in [1.54, 1.807) is 14.2 Å². The summed E-state index contributed by atoms with van der Waals surface area (Å²) in [5.41, 5.74) is 0.